The second-order valence-electron chi connectivity index (χ2n) is 4.45. The quantitative estimate of drug-likeness (QED) is 0.807. The van der Waals surface area contributed by atoms with Gasteiger partial charge in [-0.05, 0) is 31.0 Å². The number of imidazole rings is 1. The van der Waals surface area contributed by atoms with Crippen molar-refractivity contribution in [3.8, 4) is 0 Å². The topological polar surface area (TPSA) is 29.9 Å². The molecular weight excluding hydrogens is 241 g/mol. The molecule has 1 aromatic heterocycles. The van der Waals surface area contributed by atoms with Gasteiger partial charge in [0.15, 0.2) is 0 Å². The first-order valence-corrected chi connectivity index (χ1v) is 6.32. The summed E-state index contributed by atoms with van der Waals surface area (Å²) in [6.45, 7) is 7.08. The van der Waals surface area contributed by atoms with Crippen molar-refractivity contribution in [1.29, 1.82) is 0 Å². The van der Waals surface area contributed by atoms with Gasteiger partial charge >= 0.3 is 0 Å². The maximum absolute atomic E-state index is 13.1. The van der Waals surface area contributed by atoms with E-state index in [4.69, 9.17) is 0 Å². The normalized spacial score (nSPS) is 10.4. The molecule has 2 aromatic rings. The van der Waals surface area contributed by atoms with E-state index in [2.05, 4.69) is 16.9 Å². The summed E-state index contributed by atoms with van der Waals surface area (Å²) in [5, 5.41) is 3.19. The number of aromatic nitrogens is 2. The lowest BCUT2D eigenvalue weighted by Crippen LogP contribution is -2.08. The van der Waals surface area contributed by atoms with Crippen LogP contribution in [0.25, 0.3) is 0 Å². The van der Waals surface area contributed by atoms with Crippen LogP contribution in [0.1, 0.15) is 11.3 Å². The van der Waals surface area contributed by atoms with Gasteiger partial charge in [0.25, 0.3) is 0 Å². The Labute approximate surface area is 112 Å². The first-order valence-electron chi connectivity index (χ1n) is 6.32. The highest BCUT2D eigenvalue weighted by atomic mass is 19.1. The smallest absolute Gasteiger partial charge is 0.203 e. The van der Waals surface area contributed by atoms with E-state index in [9.17, 15) is 4.39 Å². The van der Waals surface area contributed by atoms with Crippen molar-refractivity contribution in [2.24, 2.45) is 0 Å². The van der Waals surface area contributed by atoms with E-state index in [1.807, 2.05) is 23.8 Å². The molecule has 0 spiro atoms. The number of hydrogen-bond donors (Lipinski definition) is 1. The Bertz CT molecular complexity index is 560. The van der Waals surface area contributed by atoms with Crippen LogP contribution in [0.4, 0.5) is 10.3 Å². The lowest BCUT2D eigenvalue weighted by Gasteiger charge is -2.08. The summed E-state index contributed by atoms with van der Waals surface area (Å²) in [7, 11) is 0. The molecule has 1 aromatic carbocycles. The summed E-state index contributed by atoms with van der Waals surface area (Å²) in [6.07, 6.45) is 4.56. The van der Waals surface area contributed by atoms with E-state index in [0.717, 1.165) is 30.2 Å². The molecule has 0 amide bonds. The third-order valence-electron chi connectivity index (χ3n) is 2.83. The number of benzene rings is 1. The van der Waals surface area contributed by atoms with Gasteiger partial charge in [-0.2, -0.15) is 0 Å². The Morgan fingerprint density at radius 2 is 2.32 bits per heavy atom. The van der Waals surface area contributed by atoms with Gasteiger partial charge in [0, 0.05) is 19.3 Å². The zero-order valence-corrected chi connectivity index (χ0v) is 11.1. The number of nitrogens with one attached hydrogen (secondary N) is 1. The molecule has 19 heavy (non-hydrogen) atoms. The highest BCUT2D eigenvalue weighted by molar-refractivity contribution is 5.30. The van der Waals surface area contributed by atoms with Crippen molar-refractivity contribution in [3.05, 3.63) is 60.2 Å². The Morgan fingerprint density at radius 3 is 3.05 bits per heavy atom. The standard InChI is InChI=1S/C15H18FN3/c1-3-8-17-15-18-12(2)11-19(15)9-7-13-5-4-6-14(16)10-13/h3-6,10-11H,1,7-9H2,2H3,(H,17,18). The zero-order valence-electron chi connectivity index (χ0n) is 11.1. The van der Waals surface area contributed by atoms with E-state index < -0.39 is 0 Å². The van der Waals surface area contributed by atoms with Crippen molar-refractivity contribution < 1.29 is 4.39 Å². The molecule has 3 nitrogen and oxygen atoms in total. The lowest BCUT2D eigenvalue weighted by molar-refractivity contribution is 0.622. The van der Waals surface area contributed by atoms with Crippen LogP contribution < -0.4 is 5.32 Å². The van der Waals surface area contributed by atoms with Crippen LogP contribution in [-0.2, 0) is 13.0 Å². The number of anilines is 1. The SMILES string of the molecule is C=CCNc1nc(C)cn1CCc1cccc(F)c1. The van der Waals surface area contributed by atoms with Gasteiger partial charge in [0.1, 0.15) is 5.82 Å². The van der Waals surface area contributed by atoms with Crippen molar-refractivity contribution in [2.75, 3.05) is 11.9 Å². The van der Waals surface area contributed by atoms with E-state index in [1.165, 1.54) is 6.07 Å². The van der Waals surface area contributed by atoms with Gasteiger partial charge in [0.2, 0.25) is 5.95 Å². The molecule has 0 bridgehead atoms. The van der Waals surface area contributed by atoms with Crippen molar-refractivity contribution in [1.82, 2.24) is 9.55 Å². The Kier molecular flexibility index (Phi) is 4.34. The second kappa shape index (κ2) is 6.18. The number of nitrogens with zero attached hydrogens (tertiary/aromatic N) is 2. The van der Waals surface area contributed by atoms with Gasteiger partial charge in [-0.3, -0.25) is 0 Å². The fourth-order valence-corrected chi connectivity index (χ4v) is 1.96. The average molecular weight is 259 g/mol. The maximum atomic E-state index is 13.1. The van der Waals surface area contributed by atoms with Crippen molar-refractivity contribution in [2.45, 2.75) is 19.9 Å². The molecule has 2 rings (SSSR count). The third-order valence-corrected chi connectivity index (χ3v) is 2.83. The summed E-state index contributed by atoms with van der Waals surface area (Å²) in [5.41, 5.74) is 1.95. The number of hydrogen-bond acceptors (Lipinski definition) is 2. The summed E-state index contributed by atoms with van der Waals surface area (Å²) in [4.78, 5) is 4.41. The van der Waals surface area contributed by atoms with Crippen LogP contribution in [0.3, 0.4) is 0 Å². The van der Waals surface area contributed by atoms with E-state index in [-0.39, 0.29) is 5.82 Å². The molecule has 4 heteroatoms. The van der Waals surface area contributed by atoms with Gasteiger partial charge in [-0.15, -0.1) is 6.58 Å². The Balaban J connectivity index is 2.04. The molecule has 1 heterocycles. The number of rotatable bonds is 6. The minimum Gasteiger partial charge on any atom is -0.352 e. The van der Waals surface area contributed by atoms with Gasteiger partial charge in [0.05, 0.1) is 5.69 Å². The molecule has 0 aliphatic carbocycles. The largest absolute Gasteiger partial charge is 0.352 e. The minimum atomic E-state index is -0.190. The van der Waals surface area contributed by atoms with Gasteiger partial charge < -0.3 is 9.88 Å². The average Bonchev–Trinajstić information content (AvgIpc) is 2.74. The fourth-order valence-electron chi connectivity index (χ4n) is 1.96. The van der Waals surface area contributed by atoms with E-state index in [1.54, 1.807) is 18.2 Å². The molecular formula is C15H18FN3. The molecule has 0 saturated heterocycles. The van der Waals surface area contributed by atoms with Crippen LogP contribution in [0, 0.1) is 12.7 Å². The van der Waals surface area contributed by atoms with E-state index in [0.29, 0.717) is 6.54 Å². The van der Waals surface area contributed by atoms with Crippen LogP contribution in [-0.4, -0.2) is 16.1 Å². The minimum absolute atomic E-state index is 0.190. The molecule has 0 radical (unpaired) electrons. The Morgan fingerprint density at radius 1 is 1.47 bits per heavy atom. The second-order valence-corrected chi connectivity index (χ2v) is 4.45. The van der Waals surface area contributed by atoms with Crippen LogP contribution in [0.5, 0.6) is 0 Å². The predicted octanol–water partition coefficient (Wildman–Crippen LogP) is 3.17. The number of aryl methyl sites for hydroxylation is 3. The highest BCUT2D eigenvalue weighted by Gasteiger charge is 2.05. The molecule has 0 saturated carbocycles. The van der Waals surface area contributed by atoms with E-state index >= 15 is 0 Å². The molecule has 1 N–H and O–H groups in total. The molecule has 0 atom stereocenters. The lowest BCUT2D eigenvalue weighted by atomic mass is 10.1. The monoisotopic (exact) mass is 259 g/mol. The van der Waals surface area contributed by atoms with Crippen molar-refractivity contribution in [3.63, 3.8) is 0 Å². The number of halogens is 1. The fraction of sp³-hybridized carbons (Fsp3) is 0.267. The molecule has 0 fully saturated rings. The zero-order chi connectivity index (χ0) is 13.7. The molecule has 0 aliphatic heterocycles. The summed E-state index contributed by atoms with van der Waals surface area (Å²) < 4.78 is 15.1. The van der Waals surface area contributed by atoms with Crippen molar-refractivity contribution >= 4 is 5.95 Å². The summed E-state index contributed by atoms with van der Waals surface area (Å²) >= 11 is 0. The highest BCUT2D eigenvalue weighted by Crippen LogP contribution is 2.11. The van der Waals surface area contributed by atoms with Crippen LogP contribution in [0.2, 0.25) is 0 Å². The summed E-state index contributed by atoms with van der Waals surface area (Å²) in [6, 6.07) is 6.70. The summed E-state index contributed by atoms with van der Waals surface area (Å²) in [5.74, 6) is 0.637. The molecule has 100 valence electrons. The predicted molar refractivity (Wildman–Crippen MR) is 75.8 cm³/mol. The van der Waals surface area contributed by atoms with Crippen LogP contribution in [0.15, 0.2) is 43.1 Å². The maximum Gasteiger partial charge on any atom is 0.203 e. The van der Waals surface area contributed by atoms with Gasteiger partial charge in [-0.25, -0.2) is 9.37 Å². The molecule has 0 aliphatic rings. The molecule has 0 unspecified atom stereocenters. The Hall–Kier alpha value is -2.10. The third kappa shape index (κ3) is 3.68. The van der Waals surface area contributed by atoms with Crippen LogP contribution >= 0.6 is 0 Å². The van der Waals surface area contributed by atoms with Gasteiger partial charge in [-0.1, -0.05) is 18.2 Å². The first-order chi connectivity index (χ1) is 9.19. The first kappa shape index (κ1) is 13.3.